The molecule has 2 aromatic carbocycles. The van der Waals surface area contributed by atoms with Crippen molar-refractivity contribution in [2.24, 2.45) is 0 Å². The SMILES string of the molecule is COc1ccc(CN2C[C@]3(CO[C@H](C(=O)N4CCCC4)C3)c3ccccc32)cc1. The van der Waals surface area contributed by atoms with Gasteiger partial charge < -0.3 is 19.3 Å². The van der Waals surface area contributed by atoms with Crippen molar-refractivity contribution in [1.29, 1.82) is 0 Å². The average Bonchev–Trinajstić information content (AvgIpc) is 3.50. The van der Waals surface area contributed by atoms with Gasteiger partial charge in [0.25, 0.3) is 5.91 Å². The van der Waals surface area contributed by atoms with Crippen LogP contribution in [0.4, 0.5) is 5.69 Å². The summed E-state index contributed by atoms with van der Waals surface area (Å²) in [6.07, 6.45) is 2.70. The predicted octanol–water partition coefficient (Wildman–Crippen LogP) is 3.36. The van der Waals surface area contributed by atoms with Gasteiger partial charge in [-0.05, 0) is 48.6 Å². The fourth-order valence-electron chi connectivity index (χ4n) is 5.16. The third kappa shape index (κ3) is 3.27. The van der Waals surface area contributed by atoms with Gasteiger partial charge in [0.2, 0.25) is 0 Å². The quantitative estimate of drug-likeness (QED) is 0.800. The summed E-state index contributed by atoms with van der Waals surface area (Å²) in [4.78, 5) is 17.3. The summed E-state index contributed by atoms with van der Waals surface area (Å²) in [6, 6.07) is 16.9. The van der Waals surface area contributed by atoms with Gasteiger partial charge in [0.1, 0.15) is 11.9 Å². The van der Waals surface area contributed by atoms with E-state index in [0.717, 1.165) is 51.2 Å². The van der Waals surface area contributed by atoms with Crippen molar-refractivity contribution < 1.29 is 14.3 Å². The maximum absolute atomic E-state index is 12.9. The second kappa shape index (κ2) is 7.38. The Bertz CT molecular complexity index is 891. The Morgan fingerprint density at radius 3 is 2.66 bits per heavy atom. The molecule has 5 heteroatoms. The lowest BCUT2D eigenvalue weighted by atomic mass is 9.80. The van der Waals surface area contributed by atoms with Crippen LogP contribution in [0, 0.1) is 0 Å². The van der Waals surface area contributed by atoms with E-state index in [0.29, 0.717) is 6.61 Å². The Kier molecular flexibility index (Phi) is 4.70. The summed E-state index contributed by atoms with van der Waals surface area (Å²) >= 11 is 0. The van der Waals surface area contributed by atoms with Crippen molar-refractivity contribution >= 4 is 11.6 Å². The molecule has 3 aliphatic heterocycles. The number of fused-ring (bicyclic) bond motifs is 2. The molecule has 3 heterocycles. The smallest absolute Gasteiger partial charge is 0.251 e. The number of methoxy groups -OCH3 is 1. The van der Waals surface area contributed by atoms with Gasteiger partial charge in [0.05, 0.1) is 13.7 Å². The number of amides is 1. The van der Waals surface area contributed by atoms with E-state index >= 15 is 0 Å². The van der Waals surface area contributed by atoms with E-state index in [9.17, 15) is 4.79 Å². The predicted molar refractivity (Wildman–Crippen MR) is 112 cm³/mol. The van der Waals surface area contributed by atoms with Crippen molar-refractivity contribution in [2.45, 2.75) is 37.3 Å². The van der Waals surface area contributed by atoms with Crippen LogP contribution in [-0.2, 0) is 21.5 Å². The van der Waals surface area contributed by atoms with Crippen LogP contribution >= 0.6 is 0 Å². The molecule has 2 saturated heterocycles. The van der Waals surface area contributed by atoms with Gasteiger partial charge in [0, 0.05) is 37.3 Å². The lowest BCUT2D eigenvalue weighted by molar-refractivity contribution is -0.139. The highest BCUT2D eigenvalue weighted by Gasteiger charge is 2.50. The molecule has 5 nitrogen and oxygen atoms in total. The summed E-state index contributed by atoms with van der Waals surface area (Å²) in [6.45, 7) is 4.11. The van der Waals surface area contributed by atoms with Gasteiger partial charge in [0.15, 0.2) is 0 Å². The number of likely N-dealkylation sites (tertiary alicyclic amines) is 1. The number of carbonyl (C=O) groups excluding carboxylic acids is 1. The highest BCUT2D eigenvalue weighted by atomic mass is 16.5. The Balaban J connectivity index is 1.37. The third-order valence-corrected chi connectivity index (χ3v) is 6.67. The van der Waals surface area contributed by atoms with E-state index in [1.165, 1.54) is 16.8 Å². The fraction of sp³-hybridized carbons (Fsp3) is 0.458. The molecule has 1 spiro atoms. The van der Waals surface area contributed by atoms with Crippen molar-refractivity contribution in [2.75, 3.05) is 38.3 Å². The Hall–Kier alpha value is -2.53. The van der Waals surface area contributed by atoms with Gasteiger partial charge in [-0.15, -0.1) is 0 Å². The van der Waals surface area contributed by atoms with Gasteiger partial charge in [-0.2, -0.15) is 0 Å². The van der Waals surface area contributed by atoms with E-state index in [4.69, 9.17) is 9.47 Å². The average molecular weight is 392 g/mol. The molecule has 0 aromatic heterocycles. The molecule has 29 heavy (non-hydrogen) atoms. The molecule has 0 saturated carbocycles. The summed E-state index contributed by atoms with van der Waals surface area (Å²) in [5.41, 5.74) is 3.75. The molecule has 152 valence electrons. The molecule has 2 fully saturated rings. The van der Waals surface area contributed by atoms with Crippen molar-refractivity contribution in [1.82, 2.24) is 4.90 Å². The summed E-state index contributed by atoms with van der Waals surface area (Å²) < 4.78 is 11.4. The normalized spacial score (nSPS) is 25.6. The number of rotatable bonds is 4. The van der Waals surface area contributed by atoms with E-state index < -0.39 is 0 Å². The van der Waals surface area contributed by atoms with Crippen molar-refractivity contribution in [3.63, 3.8) is 0 Å². The second-order valence-corrected chi connectivity index (χ2v) is 8.54. The molecular formula is C24H28N2O3. The minimum Gasteiger partial charge on any atom is -0.497 e. The lowest BCUT2D eigenvalue weighted by Crippen LogP contribution is -2.38. The minimum atomic E-state index is -0.304. The second-order valence-electron chi connectivity index (χ2n) is 8.54. The summed E-state index contributed by atoms with van der Waals surface area (Å²) in [5.74, 6) is 1.06. The van der Waals surface area contributed by atoms with E-state index in [-0.39, 0.29) is 17.4 Å². The summed E-state index contributed by atoms with van der Waals surface area (Å²) in [7, 11) is 1.69. The fourth-order valence-corrected chi connectivity index (χ4v) is 5.16. The maximum Gasteiger partial charge on any atom is 0.251 e. The van der Waals surface area contributed by atoms with Gasteiger partial charge in [-0.1, -0.05) is 30.3 Å². The molecule has 2 aromatic rings. The molecule has 0 N–H and O–H groups in total. The number of para-hydroxylation sites is 1. The molecule has 0 radical (unpaired) electrons. The standard InChI is InChI=1S/C24H28N2O3/c1-28-19-10-8-18(9-11-19)15-26-16-24(20-6-2-3-7-21(20)26)14-22(29-17-24)23(27)25-12-4-5-13-25/h2-3,6-11,22H,4-5,12-17H2,1H3/t22-,24+/m0/s1. The van der Waals surface area contributed by atoms with Gasteiger partial charge in [-0.25, -0.2) is 0 Å². The first-order valence-corrected chi connectivity index (χ1v) is 10.6. The van der Waals surface area contributed by atoms with E-state index in [1.54, 1.807) is 7.11 Å². The van der Waals surface area contributed by atoms with Gasteiger partial charge >= 0.3 is 0 Å². The third-order valence-electron chi connectivity index (χ3n) is 6.67. The van der Waals surface area contributed by atoms with Crippen molar-refractivity contribution in [3.8, 4) is 5.75 Å². The molecular weight excluding hydrogens is 364 g/mol. The molecule has 0 unspecified atom stereocenters. The summed E-state index contributed by atoms with van der Waals surface area (Å²) in [5, 5.41) is 0. The molecule has 1 amide bonds. The lowest BCUT2D eigenvalue weighted by Gasteiger charge is -2.25. The van der Waals surface area contributed by atoms with Crippen molar-refractivity contribution in [3.05, 3.63) is 59.7 Å². The number of benzene rings is 2. The number of hydrogen-bond acceptors (Lipinski definition) is 4. The van der Waals surface area contributed by atoms with Crippen LogP contribution in [0.1, 0.15) is 30.4 Å². The molecule has 2 atom stereocenters. The number of ether oxygens (including phenoxy) is 2. The van der Waals surface area contributed by atoms with Crippen LogP contribution in [0.5, 0.6) is 5.75 Å². The minimum absolute atomic E-state index is 0.0941. The van der Waals surface area contributed by atoms with E-state index in [2.05, 4.69) is 41.3 Å². The first kappa shape index (κ1) is 18.5. The Morgan fingerprint density at radius 1 is 1.14 bits per heavy atom. The number of carbonyl (C=O) groups is 1. The zero-order chi connectivity index (χ0) is 19.8. The number of nitrogens with zero attached hydrogens (tertiary/aromatic N) is 2. The zero-order valence-electron chi connectivity index (χ0n) is 17.0. The Morgan fingerprint density at radius 2 is 1.90 bits per heavy atom. The molecule has 5 rings (SSSR count). The highest BCUT2D eigenvalue weighted by Crippen LogP contribution is 2.48. The molecule has 3 aliphatic rings. The van der Waals surface area contributed by atoms with Crippen LogP contribution < -0.4 is 9.64 Å². The Labute approximate surface area is 172 Å². The largest absolute Gasteiger partial charge is 0.497 e. The first-order chi connectivity index (χ1) is 14.2. The molecule has 0 bridgehead atoms. The van der Waals surface area contributed by atoms with Crippen LogP contribution in [0.2, 0.25) is 0 Å². The van der Waals surface area contributed by atoms with Gasteiger partial charge in [-0.3, -0.25) is 4.79 Å². The van der Waals surface area contributed by atoms with Crippen LogP contribution in [0.3, 0.4) is 0 Å². The topological polar surface area (TPSA) is 42.0 Å². The van der Waals surface area contributed by atoms with E-state index in [1.807, 2.05) is 17.0 Å². The highest BCUT2D eigenvalue weighted by molar-refractivity contribution is 5.82. The van der Waals surface area contributed by atoms with Crippen LogP contribution in [0.15, 0.2) is 48.5 Å². The number of anilines is 1. The monoisotopic (exact) mass is 392 g/mol. The zero-order valence-corrected chi connectivity index (χ0v) is 17.0. The maximum atomic E-state index is 12.9. The molecule has 0 aliphatic carbocycles. The van der Waals surface area contributed by atoms with Crippen LogP contribution in [0.25, 0.3) is 0 Å². The van der Waals surface area contributed by atoms with Crippen LogP contribution in [-0.4, -0.2) is 50.3 Å². The number of hydrogen-bond donors (Lipinski definition) is 0. The first-order valence-electron chi connectivity index (χ1n) is 10.6.